The van der Waals surface area contributed by atoms with Crippen LogP contribution in [0.5, 0.6) is 0 Å². The Hall–Kier alpha value is -2.60. The van der Waals surface area contributed by atoms with Crippen molar-refractivity contribution in [1.29, 1.82) is 15.8 Å². The van der Waals surface area contributed by atoms with Gasteiger partial charge >= 0.3 is 0 Å². The van der Waals surface area contributed by atoms with Crippen molar-refractivity contribution in [2.24, 2.45) is 0 Å². The minimum atomic E-state index is -0.0125. The summed E-state index contributed by atoms with van der Waals surface area (Å²) in [5.74, 6) is 1.72. The van der Waals surface area contributed by atoms with Crippen LogP contribution in [0.15, 0.2) is 28.4 Å². The van der Waals surface area contributed by atoms with Gasteiger partial charge in [-0.2, -0.15) is 15.8 Å². The lowest BCUT2D eigenvalue weighted by Crippen LogP contribution is -1.86. The van der Waals surface area contributed by atoms with Crippen molar-refractivity contribution in [1.82, 2.24) is 0 Å². The second-order valence-corrected chi connectivity index (χ2v) is 2.17. The normalized spacial score (nSPS) is 13.9. The first kappa shape index (κ1) is 8.50. The third kappa shape index (κ3) is 1.12. The van der Waals surface area contributed by atoms with E-state index in [2.05, 4.69) is 0 Å². The van der Waals surface area contributed by atoms with Gasteiger partial charge in [0.15, 0.2) is 0 Å². The van der Waals surface area contributed by atoms with E-state index in [0.717, 1.165) is 0 Å². The highest BCUT2D eigenvalue weighted by Crippen LogP contribution is 2.27. The van der Waals surface area contributed by atoms with Crippen LogP contribution >= 0.6 is 0 Å². The molecule has 1 rings (SSSR count). The lowest BCUT2D eigenvalue weighted by Gasteiger charge is -1.94. The molecule has 0 unspecified atom stereocenters. The summed E-state index contributed by atoms with van der Waals surface area (Å²) in [7, 11) is 0. The molecule has 0 aromatic rings. The fraction of sp³-hybridized carbons (Fsp3) is 0. The number of hydrogen-bond donors (Lipinski definition) is 0. The zero-order valence-corrected chi connectivity index (χ0v) is 6.37. The van der Waals surface area contributed by atoms with Crippen molar-refractivity contribution in [2.45, 2.75) is 0 Å². The highest BCUT2D eigenvalue weighted by molar-refractivity contribution is 5.84. The third-order valence-corrected chi connectivity index (χ3v) is 1.54. The summed E-state index contributed by atoms with van der Waals surface area (Å²) >= 11 is 0. The molecule has 58 valence electrons. The predicted octanol–water partition coefficient (Wildman–Crippen LogP) is 0.959. The van der Waals surface area contributed by atoms with E-state index >= 15 is 0 Å². The number of hydrogen-bond acceptors (Lipinski definition) is 3. The van der Waals surface area contributed by atoms with Crippen LogP contribution in [0.1, 0.15) is 0 Å². The predicted molar refractivity (Wildman–Crippen MR) is 43.8 cm³/mol. The molecule has 4 nitrogen and oxygen atoms in total. The monoisotopic (exact) mass is 165 g/mol. The van der Waals surface area contributed by atoms with E-state index in [1.165, 1.54) is 6.08 Å². The molecule has 0 saturated heterocycles. The molecule has 1 aliphatic carbocycles. The quantitative estimate of drug-likeness (QED) is 0.500. The number of allylic oxidation sites excluding steroid dienone is 5. The molecule has 0 N–H and O–H groups in total. The van der Waals surface area contributed by atoms with E-state index in [1.807, 2.05) is 0 Å². The smallest absolute Gasteiger partial charge is 0.102 e. The molecule has 0 spiro atoms. The fourth-order valence-electron chi connectivity index (χ4n) is 0.967. The largest absolute Gasteiger partial charge is 0.763 e. The van der Waals surface area contributed by atoms with Gasteiger partial charge in [-0.3, -0.25) is 5.87 Å². The molecule has 0 radical (unpaired) electrons. The molecule has 13 heavy (non-hydrogen) atoms. The van der Waals surface area contributed by atoms with Gasteiger partial charge in [0, 0.05) is 5.57 Å². The molecular formula is C9HN4-. The van der Waals surface area contributed by atoms with Gasteiger partial charge in [-0.15, -0.1) is 0 Å². The van der Waals surface area contributed by atoms with Crippen LogP contribution in [0, 0.1) is 34.0 Å². The Morgan fingerprint density at radius 1 is 1.08 bits per heavy atom. The second kappa shape index (κ2) is 3.20. The standard InChI is InChI=1S/C9HN4/c10-2-6-1-7(3-11)9(5-13)8(6)4-12/h1H/q-1. The lowest BCUT2D eigenvalue weighted by atomic mass is 10.1. The van der Waals surface area contributed by atoms with Gasteiger partial charge in [0.2, 0.25) is 0 Å². The summed E-state index contributed by atoms with van der Waals surface area (Å²) in [5, 5.41) is 34.3. The summed E-state index contributed by atoms with van der Waals surface area (Å²) < 4.78 is 0. The fourth-order valence-corrected chi connectivity index (χ4v) is 0.967. The minimum absolute atomic E-state index is 0.0125. The van der Waals surface area contributed by atoms with E-state index in [4.69, 9.17) is 21.2 Å². The average molecular weight is 165 g/mol. The van der Waals surface area contributed by atoms with Crippen LogP contribution in [0.3, 0.4) is 0 Å². The molecule has 0 amide bonds. The van der Waals surface area contributed by atoms with Crippen molar-refractivity contribution >= 4 is 5.87 Å². The Morgan fingerprint density at radius 3 is 2.15 bits per heavy atom. The van der Waals surface area contributed by atoms with Crippen LogP contribution in [0.4, 0.5) is 0 Å². The van der Waals surface area contributed by atoms with E-state index in [-0.39, 0.29) is 22.3 Å². The lowest BCUT2D eigenvalue weighted by molar-refractivity contribution is 1.44. The zero-order valence-electron chi connectivity index (χ0n) is 6.37. The molecule has 0 atom stereocenters. The van der Waals surface area contributed by atoms with E-state index in [1.54, 1.807) is 24.1 Å². The zero-order chi connectivity index (χ0) is 9.84. The van der Waals surface area contributed by atoms with Crippen molar-refractivity contribution < 1.29 is 0 Å². The molecule has 0 heterocycles. The Morgan fingerprint density at radius 2 is 1.77 bits per heavy atom. The second-order valence-electron chi connectivity index (χ2n) is 2.17. The topological polar surface area (TPSA) is 93.7 Å². The molecule has 1 aliphatic rings. The van der Waals surface area contributed by atoms with Crippen molar-refractivity contribution in [3.8, 4) is 18.2 Å². The Bertz CT molecular complexity index is 493. The Labute approximate surface area is 74.4 Å². The van der Waals surface area contributed by atoms with Crippen molar-refractivity contribution in [3.05, 3.63) is 33.8 Å². The van der Waals surface area contributed by atoms with Gasteiger partial charge in [-0.25, -0.2) is 0 Å². The molecule has 4 heteroatoms. The molecule has 0 aromatic carbocycles. The third-order valence-electron chi connectivity index (χ3n) is 1.54. The highest BCUT2D eigenvalue weighted by atomic mass is 14.4. The SMILES string of the molecule is N#CC1=CC(C#N)=C(C#N)C1=C=[N-]. The summed E-state index contributed by atoms with van der Waals surface area (Å²) in [5.41, 5.74) is 0.134. The Kier molecular flexibility index (Phi) is 2.09. The summed E-state index contributed by atoms with van der Waals surface area (Å²) in [6, 6.07) is 5.23. The number of rotatable bonds is 0. The van der Waals surface area contributed by atoms with Gasteiger partial charge in [0.05, 0.1) is 16.7 Å². The van der Waals surface area contributed by atoms with Crippen LogP contribution < -0.4 is 0 Å². The van der Waals surface area contributed by atoms with E-state index < -0.39 is 0 Å². The number of nitriles is 3. The first-order chi connectivity index (χ1) is 6.28. The van der Waals surface area contributed by atoms with E-state index in [0.29, 0.717) is 0 Å². The van der Waals surface area contributed by atoms with Gasteiger partial charge in [-0.1, -0.05) is 0 Å². The van der Waals surface area contributed by atoms with Crippen LogP contribution in [-0.4, -0.2) is 5.87 Å². The maximum Gasteiger partial charge on any atom is 0.102 e. The van der Waals surface area contributed by atoms with Gasteiger partial charge in [0.25, 0.3) is 0 Å². The average Bonchev–Trinajstić information content (AvgIpc) is 2.54. The van der Waals surface area contributed by atoms with Crippen molar-refractivity contribution in [3.63, 3.8) is 0 Å². The first-order valence-corrected chi connectivity index (χ1v) is 3.22. The van der Waals surface area contributed by atoms with Crippen LogP contribution in [-0.2, 0) is 0 Å². The van der Waals surface area contributed by atoms with Crippen molar-refractivity contribution in [2.75, 3.05) is 0 Å². The van der Waals surface area contributed by atoms with Gasteiger partial charge in [-0.05, 0) is 6.08 Å². The van der Waals surface area contributed by atoms with Gasteiger partial charge < -0.3 is 5.41 Å². The summed E-state index contributed by atoms with van der Waals surface area (Å²) in [4.78, 5) is 0. The molecule has 0 saturated carbocycles. The maximum absolute atomic E-state index is 8.61. The molecule has 0 bridgehead atoms. The Balaban J connectivity index is 3.46. The summed E-state index contributed by atoms with van der Waals surface area (Å²) in [6.45, 7) is 0. The molecule has 0 fully saturated rings. The molecule has 0 aromatic heterocycles. The minimum Gasteiger partial charge on any atom is -0.763 e. The van der Waals surface area contributed by atoms with E-state index in [9.17, 15) is 0 Å². The highest BCUT2D eigenvalue weighted by Gasteiger charge is 2.20. The summed E-state index contributed by atoms with van der Waals surface area (Å²) in [6.07, 6.45) is 1.25. The first-order valence-electron chi connectivity index (χ1n) is 3.22. The van der Waals surface area contributed by atoms with Gasteiger partial charge in [0.1, 0.15) is 18.2 Å². The van der Waals surface area contributed by atoms with Crippen LogP contribution in [0.2, 0.25) is 0 Å². The maximum atomic E-state index is 8.61. The molecular weight excluding hydrogens is 164 g/mol. The number of nitrogens with zero attached hydrogens (tertiary/aromatic N) is 4. The molecule has 0 aliphatic heterocycles. The van der Waals surface area contributed by atoms with Crippen LogP contribution in [0.25, 0.3) is 5.41 Å².